The van der Waals surface area contributed by atoms with Crippen molar-refractivity contribution in [3.8, 4) is 0 Å². The van der Waals surface area contributed by atoms with Gasteiger partial charge in [-0.15, -0.1) is 0 Å². The maximum atomic E-state index is 13.7. The van der Waals surface area contributed by atoms with Gasteiger partial charge in [0.05, 0.1) is 5.92 Å². The summed E-state index contributed by atoms with van der Waals surface area (Å²) in [6, 6.07) is 6.40. The largest absolute Gasteiger partial charge is 0.356 e. The van der Waals surface area contributed by atoms with Crippen molar-refractivity contribution in [1.82, 2.24) is 10.2 Å². The van der Waals surface area contributed by atoms with Gasteiger partial charge in [-0.25, -0.2) is 4.39 Å². The van der Waals surface area contributed by atoms with Crippen molar-refractivity contribution in [2.24, 2.45) is 17.3 Å². The number of nitrogens with one attached hydrogen (secondary N) is 1. The van der Waals surface area contributed by atoms with Crippen molar-refractivity contribution in [1.29, 1.82) is 0 Å². The summed E-state index contributed by atoms with van der Waals surface area (Å²) in [5, 5.41) is 3.01. The van der Waals surface area contributed by atoms with Gasteiger partial charge in [-0.2, -0.15) is 0 Å². The molecule has 2 amide bonds. The summed E-state index contributed by atoms with van der Waals surface area (Å²) >= 11 is 0. The van der Waals surface area contributed by atoms with Gasteiger partial charge in [0.2, 0.25) is 11.8 Å². The number of likely N-dealkylation sites (tertiary alicyclic amines) is 1. The zero-order valence-electron chi connectivity index (χ0n) is 17.2. The summed E-state index contributed by atoms with van der Waals surface area (Å²) in [6.07, 6.45) is 1.35. The number of amides is 2. The lowest BCUT2D eigenvalue weighted by atomic mass is 9.88. The molecule has 1 aromatic carbocycles. The van der Waals surface area contributed by atoms with Crippen molar-refractivity contribution >= 4 is 11.8 Å². The molecule has 0 aromatic heterocycles. The molecule has 0 spiro atoms. The lowest BCUT2D eigenvalue weighted by molar-refractivity contribution is -0.132. The molecule has 0 bridgehead atoms. The van der Waals surface area contributed by atoms with E-state index in [-0.39, 0.29) is 34.9 Å². The third-order valence-corrected chi connectivity index (χ3v) is 4.99. The van der Waals surface area contributed by atoms with Crippen molar-refractivity contribution in [3.05, 3.63) is 35.6 Å². The van der Waals surface area contributed by atoms with E-state index in [0.29, 0.717) is 32.0 Å². The van der Waals surface area contributed by atoms with Gasteiger partial charge in [0.25, 0.3) is 0 Å². The molecule has 1 aliphatic rings. The highest BCUT2D eigenvalue weighted by Crippen LogP contribution is 2.34. The molecule has 2 atom stereocenters. The van der Waals surface area contributed by atoms with Crippen LogP contribution in [0.25, 0.3) is 0 Å². The first kappa shape index (κ1) is 21.4. The molecule has 2 rings (SSSR count). The van der Waals surface area contributed by atoms with Gasteiger partial charge in [0, 0.05) is 32.0 Å². The lowest BCUT2D eigenvalue weighted by Crippen LogP contribution is -2.37. The summed E-state index contributed by atoms with van der Waals surface area (Å²) in [7, 11) is 0. The molecule has 150 valence electrons. The van der Waals surface area contributed by atoms with Gasteiger partial charge >= 0.3 is 0 Å². The SMILES string of the molecule is CC(C)CCNC(=O)[C@@H]1CN(C(=O)CC(C)(C)C)C[C@@H]1c1cccc(F)c1. The number of benzene rings is 1. The molecular formula is C22H33FN2O2. The van der Waals surface area contributed by atoms with Crippen LogP contribution in [0.5, 0.6) is 0 Å². The maximum Gasteiger partial charge on any atom is 0.225 e. The van der Waals surface area contributed by atoms with Crippen LogP contribution in [0.15, 0.2) is 24.3 Å². The molecule has 1 aromatic rings. The van der Waals surface area contributed by atoms with Gasteiger partial charge in [-0.3, -0.25) is 9.59 Å². The van der Waals surface area contributed by atoms with E-state index in [9.17, 15) is 14.0 Å². The van der Waals surface area contributed by atoms with Crippen molar-refractivity contribution in [2.45, 2.75) is 53.4 Å². The molecule has 27 heavy (non-hydrogen) atoms. The Kier molecular flexibility index (Phi) is 7.01. The predicted octanol–water partition coefficient (Wildman–Crippen LogP) is 3.97. The predicted molar refractivity (Wildman–Crippen MR) is 106 cm³/mol. The minimum absolute atomic E-state index is 0.0454. The first-order chi connectivity index (χ1) is 12.6. The minimum Gasteiger partial charge on any atom is -0.356 e. The topological polar surface area (TPSA) is 49.4 Å². The van der Waals surface area contributed by atoms with E-state index in [2.05, 4.69) is 19.2 Å². The van der Waals surface area contributed by atoms with Crippen LogP contribution in [0.2, 0.25) is 0 Å². The molecule has 1 N–H and O–H groups in total. The Balaban J connectivity index is 2.16. The highest BCUT2D eigenvalue weighted by molar-refractivity contribution is 5.83. The molecule has 1 fully saturated rings. The first-order valence-electron chi connectivity index (χ1n) is 9.88. The van der Waals surface area contributed by atoms with Crippen LogP contribution in [0, 0.1) is 23.1 Å². The highest BCUT2D eigenvalue weighted by Gasteiger charge is 2.40. The molecule has 1 saturated heterocycles. The zero-order valence-corrected chi connectivity index (χ0v) is 17.2. The zero-order chi connectivity index (χ0) is 20.2. The number of carbonyl (C=O) groups is 2. The number of nitrogens with zero attached hydrogens (tertiary/aromatic N) is 1. The van der Waals surface area contributed by atoms with E-state index in [4.69, 9.17) is 0 Å². The summed E-state index contributed by atoms with van der Waals surface area (Å²) in [5.41, 5.74) is 0.674. The van der Waals surface area contributed by atoms with Crippen LogP contribution in [0.3, 0.4) is 0 Å². The Bertz CT molecular complexity index is 667. The fraction of sp³-hybridized carbons (Fsp3) is 0.636. The van der Waals surface area contributed by atoms with Crippen LogP contribution in [-0.4, -0.2) is 36.3 Å². The summed E-state index contributed by atoms with van der Waals surface area (Å²) in [6.45, 7) is 11.8. The van der Waals surface area contributed by atoms with Crippen LogP contribution < -0.4 is 5.32 Å². The molecule has 5 heteroatoms. The normalized spacial score (nSPS) is 20.2. The fourth-order valence-corrected chi connectivity index (χ4v) is 3.53. The average molecular weight is 377 g/mol. The number of carbonyl (C=O) groups excluding carboxylic acids is 2. The van der Waals surface area contributed by atoms with Crippen LogP contribution in [0.1, 0.15) is 58.9 Å². The second-order valence-electron chi connectivity index (χ2n) is 9.28. The van der Waals surface area contributed by atoms with Crippen molar-refractivity contribution in [2.75, 3.05) is 19.6 Å². The molecule has 1 heterocycles. The van der Waals surface area contributed by atoms with E-state index < -0.39 is 0 Å². The quantitative estimate of drug-likeness (QED) is 0.817. The van der Waals surface area contributed by atoms with Gasteiger partial charge in [-0.05, 0) is 35.4 Å². The Labute approximate surface area is 162 Å². The van der Waals surface area contributed by atoms with Crippen LogP contribution in [-0.2, 0) is 9.59 Å². The van der Waals surface area contributed by atoms with Crippen LogP contribution in [0.4, 0.5) is 4.39 Å². The fourth-order valence-electron chi connectivity index (χ4n) is 3.53. The summed E-state index contributed by atoms with van der Waals surface area (Å²) < 4.78 is 13.7. The van der Waals surface area contributed by atoms with Crippen molar-refractivity contribution < 1.29 is 14.0 Å². The Morgan fingerprint density at radius 1 is 1.26 bits per heavy atom. The first-order valence-corrected chi connectivity index (χ1v) is 9.88. The van der Waals surface area contributed by atoms with E-state index in [0.717, 1.165) is 12.0 Å². The Morgan fingerprint density at radius 2 is 1.96 bits per heavy atom. The van der Waals surface area contributed by atoms with Gasteiger partial charge in [-0.1, -0.05) is 46.8 Å². The van der Waals surface area contributed by atoms with Gasteiger partial charge in [0.1, 0.15) is 5.82 Å². The van der Waals surface area contributed by atoms with Gasteiger partial charge < -0.3 is 10.2 Å². The van der Waals surface area contributed by atoms with E-state index in [1.807, 2.05) is 26.8 Å². The second kappa shape index (κ2) is 8.85. The Morgan fingerprint density at radius 3 is 2.56 bits per heavy atom. The summed E-state index contributed by atoms with van der Waals surface area (Å²) in [4.78, 5) is 27.3. The standard InChI is InChI=1S/C22H33FN2O2/c1-15(2)9-10-24-21(27)19-14-25(20(26)12-22(3,4)5)13-18(19)16-7-6-8-17(23)11-16/h6-8,11,15,18-19H,9-10,12-14H2,1-5H3,(H,24,27)/t18-,19-/m1/s1. The number of hydrogen-bond acceptors (Lipinski definition) is 2. The molecule has 0 unspecified atom stereocenters. The number of hydrogen-bond donors (Lipinski definition) is 1. The highest BCUT2D eigenvalue weighted by atomic mass is 19.1. The molecule has 4 nitrogen and oxygen atoms in total. The summed E-state index contributed by atoms with van der Waals surface area (Å²) in [5.74, 6) is -0.312. The molecule has 0 aliphatic carbocycles. The number of halogens is 1. The van der Waals surface area contributed by atoms with E-state index in [1.165, 1.54) is 12.1 Å². The molecule has 0 saturated carbocycles. The lowest BCUT2D eigenvalue weighted by Gasteiger charge is -2.23. The second-order valence-corrected chi connectivity index (χ2v) is 9.28. The third kappa shape index (κ3) is 6.33. The van der Waals surface area contributed by atoms with Gasteiger partial charge in [0.15, 0.2) is 0 Å². The smallest absolute Gasteiger partial charge is 0.225 e. The maximum absolute atomic E-state index is 13.7. The monoisotopic (exact) mass is 376 g/mol. The van der Waals surface area contributed by atoms with E-state index >= 15 is 0 Å². The average Bonchev–Trinajstić information content (AvgIpc) is 2.98. The third-order valence-electron chi connectivity index (χ3n) is 4.99. The van der Waals surface area contributed by atoms with E-state index in [1.54, 1.807) is 11.0 Å². The number of rotatable bonds is 6. The van der Waals surface area contributed by atoms with Crippen LogP contribution >= 0.6 is 0 Å². The molecule has 1 aliphatic heterocycles. The Hall–Kier alpha value is -1.91. The minimum atomic E-state index is -0.345. The van der Waals surface area contributed by atoms with Crippen molar-refractivity contribution in [3.63, 3.8) is 0 Å². The molecule has 0 radical (unpaired) electrons. The molecular weight excluding hydrogens is 343 g/mol.